The molecule has 1 heterocycles. The number of hydrogen-bond donors (Lipinski definition) is 1. The van der Waals surface area contributed by atoms with E-state index in [1.165, 1.54) is 0 Å². The molecule has 7 heteroatoms. The van der Waals surface area contributed by atoms with Crippen LogP contribution in [0.4, 0.5) is 0 Å². The average molecular weight is 347 g/mol. The highest BCUT2D eigenvalue weighted by Gasteiger charge is 2.22. The van der Waals surface area contributed by atoms with Crippen LogP contribution in [0, 0.1) is 12.8 Å². The van der Waals surface area contributed by atoms with E-state index in [4.69, 9.17) is 13.9 Å². The maximum Gasteiger partial charge on any atom is 0.238 e. The molecule has 0 aliphatic carbocycles. The molecule has 0 saturated heterocycles. The first-order valence-electron chi connectivity index (χ1n) is 8.23. The van der Waals surface area contributed by atoms with Crippen LogP contribution in [0.2, 0.25) is 0 Å². The number of amides is 1. The molecule has 0 radical (unpaired) electrons. The van der Waals surface area contributed by atoms with Gasteiger partial charge in [-0.2, -0.15) is 0 Å². The Morgan fingerprint density at radius 3 is 2.48 bits per heavy atom. The van der Waals surface area contributed by atoms with Crippen molar-refractivity contribution in [2.75, 3.05) is 14.2 Å². The minimum atomic E-state index is -0.297. The molecular weight excluding hydrogens is 322 g/mol. The van der Waals surface area contributed by atoms with E-state index in [9.17, 15) is 4.79 Å². The minimum Gasteiger partial charge on any atom is -0.493 e. The van der Waals surface area contributed by atoms with Gasteiger partial charge in [-0.05, 0) is 30.0 Å². The van der Waals surface area contributed by atoms with E-state index in [1.54, 1.807) is 33.3 Å². The van der Waals surface area contributed by atoms with Crippen LogP contribution < -0.4 is 14.8 Å². The smallest absolute Gasteiger partial charge is 0.238 e. The Labute approximate surface area is 147 Å². The molecular formula is C18H25N3O4. The van der Waals surface area contributed by atoms with Gasteiger partial charge >= 0.3 is 0 Å². The fourth-order valence-electron chi connectivity index (χ4n) is 2.57. The molecule has 1 unspecified atom stereocenters. The molecule has 7 nitrogen and oxygen atoms in total. The second-order valence-corrected chi connectivity index (χ2v) is 6.28. The molecule has 136 valence electrons. The van der Waals surface area contributed by atoms with E-state index in [1.807, 2.05) is 6.07 Å². The summed E-state index contributed by atoms with van der Waals surface area (Å²) >= 11 is 0. The van der Waals surface area contributed by atoms with Gasteiger partial charge in [0.1, 0.15) is 6.04 Å². The second-order valence-electron chi connectivity index (χ2n) is 6.28. The van der Waals surface area contributed by atoms with Gasteiger partial charge in [-0.1, -0.05) is 19.9 Å². The molecule has 0 spiro atoms. The number of aryl methyl sites for hydroxylation is 1. The standard InChI is InChI=1S/C18H25N3O4/c1-11(2)8-14(18-21-20-12(3)25-18)19-17(22)10-13-6-7-15(23-4)16(9-13)24-5/h6-7,9,11,14H,8,10H2,1-5H3,(H,19,22). The first-order valence-corrected chi connectivity index (χ1v) is 8.23. The molecule has 25 heavy (non-hydrogen) atoms. The summed E-state index contributed by atoms with van der Waals surface area (Å²) in [5, 5.41) is 10.9. The highest BCUT2D eigenvalue weighted by atomic mass is 16.5. The van der Waals surface area contributed by atoms with Crippen LogP contribution in [0.15, 0.2) is 22.6 Å². The first-order chi connectivity index (χ1) is 11.9. The number of carbonyl (C=O) groups excluding carboxylic acids is 1. The van der Waals surface area contributed by atoms with Crippen LogP contribution in [0.3, 0.4) is 0 Å². The summed E-state index contributed by atoms with van der Waals surface area (Å²) in [6.07, 6.45) is 0.946. The Balaban J connectivity index is 2.08. The van der Waals surface area contributed by atoms with Crippen molar-refractivity contribution in [1.29, 1.82) is 0 Å². The summed E-state index contributed by atoms with van der Waals surface area (Å²) in [4.78, 5) is 12.5. The lowest BCUT2D eigenvalue weighted by atomic mass is 10.0. The molecule has 0 aliphatic heterocycles. The SMILES string of the molecule is COc1ccc(CC(=O)NC(CC(C)C)c2nnc(C)o2)cc1OC. The van der Waals surface area contributed by atoms with Gasteiger partial charge in [0.2, 0.25) is 17.7 Å². The Morgan fingerprint density at radius 2 is 1.92 bits per heavy atom. The van der Waals surface area contributed by atoms with E-state index >= 15 is 0 Å². The third kappa shape index (κ3) is 5.20. The van der Waals surface area contributed by atoms with Crippen LogP contribution in [0.1, 0.15) is 43.7 Å². The monoisotopic (exact) mass is 347 g/mol. The molecule has 2 rings (SSSR count). The molecule has 1 atom stereocenters. The molecule has 0 saturated carbocycles. The Hall–Kier alpha value is -2.57. The fourth-order valence-corrected chi connectivity index (χ4v) is 2.57. The molecule has 0 fully saturated rings. The number of carbonyl (C=O) groups is 1. The van der Waals surface area contributed by atoms with Crippen molar-refractivity contribution in [3.05, 3.63) is 35.5 Å². The lowest BCUT2D eigenvalue weighted by Gasteiger charge is -2.17. The maximum absolute atomic E-state index is 12.5. The van der Waals surface area contributed by atoms with E-state index in [2.05, 4.69) is 29.4 Å². The number of nitrogens with one attached hydrogen (secondary N) is 1. The Bertz CT molecular complexity index is 712. The van der Waals surface area contributed by atoms with Crippen molar-refractivity contribution in [2.45, 2.75) is 39.7 Å². The van der Waals surface area contributed by atoms with Gasteiger partial charge in [-0.25, -0.2) is 0 Å². The van der Waals surface area contributed by atoms with Crippen molar-refractivity contribution in [3.63, 3.8) is 0 Å². The van der Waals surface area contributed by atoms with E-state index < -0.39 is 0 Å². The summed E-state index contributed by atoms with van der Waals surface area (Å²) in [5.74, 6) is 2.40. The summed E-state index contributed by atoms with van der Waals surface area (Å²) < 4.78 is 16.0. The van der Waals surface area contributed by atoms with Gasteiger partial charge in [0.15, 0.2) is 11.5 Å². The number of aromatic nitrogens is 2. The maximum atomic E-state index is 12.5. The molecule has 0 aliphatic rings. The van der Waals surface area contributed by atoms with Gasteiger partial charge in [0.05, 0.1) is 20.6 Å². The quantitative estimate of drug-likeness (QED) is 0.790. The Kier molecular flexibility index (Phi) is 6.38. The normalized spacial score (nSPS) is 12.1. The molecule has 1 aromatic heterocycles. The zero-order chi connectivity index (χ0) is 18.4. The number of hydrogen-bond acceptors (Lipinski definition) is 6. The van der Waals surface area contributed by atoms with Crippen molar-refractivity contribution < 1.29 is 18.7 Å². The van der Waals surface area contributed by atoms with E-state index in [0.29, 0.717) is 29.2 Å². The predicted molar refractivity (Wildman–Crippen MR) is 92.6 cm³/mol. The zero-order valence-electron chi connectivity index (χ0n) is 15.3. The average Bonchev–Trinajstić information content (AvgIpc) is 3.00. The third-order valence-electron chi connectivity index (χ3n) is 3.69. The predicted octanol–water partition coefficient (Wildman–Crippen LogP) is 2.84. The highest BCUT2D eigenvalue weighted by molar-refractivity contribution is 5.79. The lowest BCUT2D eigenvalue weighted by Crippen LogP contribution is -2.31. The third-order valence-corrected chi connectivity index (χ3v) is 3.69. The largest absolute Gasteiger partial charge is 0.493 e. The van der Waals surface area contributed by atoms with E-state index in [-0.39, 0.29) is 18.4 Å². The van der Waals surface area contributed by atoms with Gasteiger partial charge in [-0.3, -0.25) is 4.79 Å². The summed E-state index contributed by atoms with van der Waals surface area (Å²) in [7, 11) is 3.14. The molecule has 2 aromatic rings. The molecule has 1 aromatic carbocycles. The number of rotatable bonds is 8. The van der Waals surface area contributed by atoms with Crippen LogP contribution in [-0.4, -0.2) is 30.3 Å². The topological polar surface area (TPSA) is 86.5 Å². The number of methoxy groups -OCH3 is 2. The highest BCUT2D eigenvalue weighted by Crippen LogP contribution is 2.28. The van der Waals surface area contributed by atoms with E-state index in [0.717, 1.165) is 12.0 Å². The summed E-state index contributed by atoms with van der Waals surface area (Å²) in [6.45, 7) is 5.89. The zero-order valence-corrected chi connectivity index (χ0v) is 15.3. The Morgan fingerprint density at radius 1 is 1.20 bits per heavy atom. The van der Waals surface area contributed by atoms with Gasteiger partial charge < -0.3 is 19.2 Å². The molecule has 0 bridgehead atoms. The van der Waals surface area contributed by atoms with Crippen LogP contribution in [0.25, 0.3) is 0 Å². The number of nitrogens with zero attached hydrogens (tertiary/aromatic N) is 2. The summed E-state index contributed by atoms with van der Waals surface area (Å²) in [5.41, 5.74) is 0.833. The lowest BCUT2D eigenvalue weighted by molar-refractivity contribution is -0.121. The summed E-state index contributed by atoms with van der Waals surface area (Å²) in [6, 6.07) is 5.13. The van der Waals surface area contributed by atoms with Gasteiger partial charge in [0.25, 0.3) is 0 Å². The van der Waals surface area contributed by atoms with Crippen molar-refractivity contribution >= 4 is 5.91 Å². The fraction of sp³-hybridized carbons (Fsp3) is 0.500. The van der Waals surface area contributed by atoms with Crippen molar-refractivity contribution in [2.24, 2.45) is 5.92 Å². The van der Waals surface area contributed by atoms with Crippen molar-refractivity contribution in [3.8, 4) is 11.5 Å². The number of ether oxygens (including phenoxy) is 2. The number of benzene rings is 1. The molecule has 1 amide bonds. The molecule has 1 N–H and O–H groups in total. The van der Waals surface area contributed by atoms with Crippen LogP contribution in [0.5, 0.6) is 11.5 Å². The van der Waals surface area contributed by atoms with Crippen LogP contribution >= 0.6 is 0 Å². The van der Waals surface area contributed by atoms with Crippen LogP contribution in [-0.2, 0) is 11.2 Å². The first kappa shape index (κ1) is 18.8. The van der Waals surface area contributed by atoms with Gasteiger partial charge in [0, 0.05) is 6.92 Å². The van der Waals surface area contributed by atoms with Crippen molar-refractivity contribution in [1.82, 2.24) is 15.5 Å². The minimum absolute atomic E-state index is 0.117. The van der Waals surface area contributed by atoms with Gasteiger partial charge in [-0.15, -0.1) is 10.2 Å². The second kappa shape index (κ2) is 8.50.